The number of halogens is 1. The number of rotatable bonds is 7. The van der Waals surface area contributed by atoms with E-state index in [-0.39, 0.29) is 36.4 Å². The van der Waals surface area contributed by atoms with Gasteiger partial charge in [-0.25, -0.2) is 4.98 Å². The molecule has 0 aliphatic carbocycles. The molecule has 1 aliphatic rings. The number of aromatic nitrogens is 1. The molecule has 162 valence electrons. The minimum absolute atomic E-state index is 0.0518. The summed E-state index contributed by atoms with van der Waals surface area (Å²) in [6.07, 6.45) is 1.64. The average molecular weight is 452 g/mol. The predicted octanol–water partition coefficient (Wildman–Crippen LogP) is 3.45. The van der Waals surface area contributed by atoms with Crippen molar-refractivity contribution in [1.82, 2.24) is 9.88 Å². The van der Waals surface area contributed by atoms with Crippen LogP contribution in [0.15, 0.2) is 54.7 Å². The summed E-state index contributed by atoms with van der Waals surface area (Å²) in [5.74, 6) is -1.95. The number of carbonyl (C=O) groups is 4. The van der Waals surface area contributed by atoms with Crippen molar-refractivity contribution < 1.29 is 23.9 Å². The van der Waals surface area contributed by atoms with Crippen molar-refractivity contribution >= 4 is 51.8 Å². The SMILES string of the molecule is O=C(COC(=O)CCCN1C(=O)c2cccc3cccc(c23)C1=O)Nc1cccnc1Cl. The van der Waals surface area contributed by atoms with E-state index in [2.05, 4.69) is 10.3 Å². The van der Waals surface area contributed by atoms with Crippen LogP contribution in [-0.4, -0.2) is 46.7 Å². The molecule has 8 nitrogen and oxygen atoms in total. The number of hydrogen-bond donors (Lipinski definition) is 1. The third kappa shape index (κ3) is 4.31. The van der Waals surface area contributed by atoms with Crippen molar-refractivity contribution in [1.29, 1.82) is 0 Å². The molecule has 3 aromatic rings. The van der Waals surface area contributed by atoms with Gasteiger partial charge in [0, 0.05) is 35.7 Å². The molecule has 0 unspecified atom stereocenters. The van der Waals surface area contributed by atoms with Gasteiger partial charge in [-0.3, -0.25) is 24.1 Å². The monoisotopic (exact) mass is 451 g/mol. The van der Waals surface area contributed by atoms with Crippen molar-refractivity contribution in [3.63, 3.8) is 0 Å². The summed E-state index contributed by atoms with van der Waals surface area (Å²) < 4.78 is 4.96. The number of nitrogens with one attached hydrogen (secondary N) is 1. The van der Waals surface area contributed by atoms with Crippen LogP contribution in [0.25, 0.3) is 10.8 Å². The quantitative estimate of drug-likeness (QED) is 0.335. The molecule has 1 aliphatic heterocycles. The third-order valence-corrected chi connectivity index (χ3v) is 5.32. The first-order valence-electron chi connectivity index (χ1n) is 9.89. The molecule has 0 atom stereocenters. The fourth-order valence-electron chi connectivity index (χ4n) is 3.55. The van der Waals surface area contributed by atoms with Gasteiger partial charge in [0.05, 0.1) is 5.69 Å². The molecule has 0 spiro atoms. The summed E-state index contributed by atoms with van der Waals surface area (Å²) >= 11 is 5.86. The highest BCUT2D eigenvalue weighted by Gasteiger charge is 2.32. The van der Waals surface area contributed by atoms with E-state index >= 15 is 0 Å². The second-order valence-corrected chi connectivity index (χ2v) is 7.48. The van der Waals surface area contributed by atoms with E-state index in [1.807, 2.05) is 12.1 Å². The van der Waals surface area contributed by atoms with Crippen LogP contribution in [0, 0.1) is 0 Å². The average Bonchev–Trinajstić information content (AvgIpc) is 2.79. The minimum atomic E-state index is -0.614. The molecule has 2 heterocycles. The van der Waals surface area contributed by atoms with E-state index in [4.69, 9.17) is 16.3 Å². The standard InChI is InChI=1S/C23H18ClN3O5/c24-21-17(9-3-11-25-21)26-18(28)13-32-19(29)10-4-12-27-22(30)15-7-1-5-14-6-2-8-16(20(14)15)23(27)31/h1-3,5-9,11H,4,10,12-13H2,(H,26,28). The number of carbonyl (C=O) groups excluding carboxylic acids is 4. The van der Waals surface area contributed by atoms with Gasteiger partial charge in [0.25, 0.3) is 17.7 Å². The first-order chi connectivity index (χ1) is 15.5. The molecule has 3 amide bonds. The lowest BCUT2D eigenvalue weighted by Crippen LogP contribution is -2.41. The molecule has 4 rings (SSSR count). The first kappa shape index (κ1) is 21.5. The molecule has 0 saturated carbocycles. The van der Waals surface area contributed by atoms with E-state index < -0.39 is 18.5 Å². The van der Waals surface area contributed by atoms with Gasteiger partial charge in [-0.05, 0) is 36.1 Å². The van der Waals surface area contributed by atoms with Gasteiger partial charge in [0.2, 0.25) is 0 Å². The highest BCUT2D eigenvalue weighted by atomic mass is 35.5. The maximum atomic E-state index is 12.8. The van der Waals surface area contributed by atoms with Crippen molar-refractivity contribution in [2.24, 2.45) is 0 Å². The zero-order valence-corrected chi connectivity index (χ0v) is 17.6. The molecule has 9 heteroatoms. The van der Waals surface area contributed by atoms with Crippen molar-refractivity contribution in [2.75, 3.05) is 18.5 Å². The summed E-state index contributed by atoms with van der Waals surface area (Å²) in [4.78, 5) is 54.5. The van der Waals surface area contributed by atoms with E-state index in [9.17, 15) is 19.2 Å². The predicted molar refractivity (Wildman–Crippen MR) is 117 cm³/mol. The number of ether oxygens (including phenoxy) is 1. The zero-order chi connectivity index (χ0) is 22.7. The van der Waals surface area contributed by atoms with Crippen LogP contribution >= 0.6 is 11.6 Å². The lowest BCUT2D eigenvalue weighted by Gasteiger charge is -2.27. The van der Waals surface area contributed by atoms with Gasteiger partial charge in [-0.15, -0.1) is 0 Å². The van der Waals surface area contributed by atoms with Crippen LogP contribution in [0.2, 0.25) is 5.15 Å². The highest BCUT2D eigenvalue weighted by Crippen LogP contribution is 2.30. The number of hydrogen-bond acceptors (Lipinski definition) is 6. The lowest BCUT2D eigenvalue weighted by atomic mass is 9.94. The Morgan fingerprint density at radius 1 is 1.00 bits per heavy atom. The summed E-state index contributed by atoms with van der Waals surface area (Å²) in [5, 5.41) is 4.10. The molecular weight excluding hydrogens is 434 g/mol. The van der Waals surface area contributed by atoms with Gasteiger partial charge in [0.1, 0.15) is 0 Å². The van der Waals surface area contributed by atoms with Crippen LogP contribution in [0.5, 0.6) is 0 Å². The van der Waals surface area contributed by atoms with Gasteiger partial charge >= 0.3 is 5.97 Å². The Balaban J connectivity index is 1.29. The van der Waals surface area contributed by atoms with Crippen LogP contribution in [0.4, 0.5) is 5.69 Å². The minimum Gasteiger partial charge on any atom is -0.456 e. The normalized spacial score (nSPS) is 12.7. The molecule has 0 fully saturated rings. The Hall–Kier alpha value is -3.78. The summed E-state index contributed by atoms with van der Waals surface area (Å²) in [5.41, 5.74) is 1.24. The second-order valence-electron chi connectivity index (χ2n) is 7.13. The van der Waals surface area contributed by atoms with E-state index in [0.717, 1.165) is 10.3 Å². The summed E-state index contributed by atoms with van der Waals surface area (Å²) in [6.45, 7) is -0.421. The fourth-order valence-corrected chi connectivity index (χ4v) is 3.72. The Kier molecular flexibility index (Phi) is 6.13. The largest absolute Gasteiger partial charge is 0.456 e. The molecule has 0 saturated heterocycles. The zero-order valence-electron chi connectivity index (χ0n) is 16.8. The second kappa shape index (κ2) is 9.15. The van der Waals surface area contributed by atoms with Crippen LogP contribution in [0.1, 0.15) is 33.6 Å². The summed E-state index contributed by atoms with van der Waals surface area (Å²) in [6, 6.07) is 13.8. The number of nitrogens with zero attached hydrogens (tertiary/aromatic N) is 2. The Morgan fingerprint density at radius 3 is 2.34 bits per heavy atom. The molecule has 32 heavy (non-hydrogen) atoms. The highest BCUT2D eigenvalue weighted by molar-refractivity contribution is 6.32. The van der Waals surface area contributed by atoms with Gasteiger partial charge in [0.15, 0.2) is 11.8 Å². The molecule has 0 bridgehead atoms. The van der Waals surface area contributed by atoms with Gasteiger partial charge in [-0.1, -0.05) is 35.9 Å². The van der Waals surface area contributed by atoms with Crippen molar-refractivity contribution in [3.05, 3.63) is 71.0 Å². The number of imide groups is 1. The van der Waals surface area contributed by atoms with Crippen LogP contribution in [0.3, 0.4) is 0 Å². The molecule has 0 radical (unpaired) electrons. The fraction of sp³-hybridized carbons (Fsp3) is 0.174. The molecular formula is C23H18ClN3O5. The number of benzene rings is 2. The van der Waals surface area contributed by atoms with E-state index in [0.29, 0.717) is 22.2 Å². The first-order valence-corrected chi connectivity index (χ1v) is 10.3. The number of pyridine rings is 1. The van der Waals surface area contributed by atoms with E-state index in [1.165, 1.54) is 6.20 Å². The van der Waals surface area contributed by atoms with Gasteiger partial charge < -0.3 is 10.1 Å². The van der Waals surface area contributed by atoms with E-state index in [1.54, 1.807) is 36.4 Å². The van der Waals surface area contributed by atoms with Gasteiger partial charge in [-0.2, -0.15) is 0 Å². The smallest absolute Gasteiger partial charge is 0.306 e. The lowest BCUT2D eigenvalue weighted by molar-refractivity contribution is -0.147. The molecule has 1 aromatic heterocycles. The van der Waals surface area contributed by atoms with Crippen molar-refractivity contribution in [3.8, 4) is 0 Å². The third-order valence-electron chi connectivity index (χ3n) is 5.02. The van der Waals surface area contributed by atoms with Crippen LogP contribution < -0.4 is 5.32 Å². The topological polar surface area (TPSA) is 106 Å². The maximum absolute atomic E-state index is 12.8. The summed E-state index contributed by atoms with van der Waals surface area (Å²) in [7, 11) is 0. The maximum Gasteiger partial charge on any atom is 0.306 e. The van der Waals surface area contributed by atoms with Crippen LogP contribution in [-0.2, 0) is 14.3 Å². The Bertz CT molecular complexity index is 1190. The number of anilines is 1. The Labute approximate surface area is 188 Å². The number of esters is 1. The molecule has 1 N–H and O–H groups in total. The van der Waals surface area contributed by atoms with Crippen molar-refractivity contribution in [2.45, 2.75) is 12.8 Å². The Morgan fingerprint density at radius 2 is 1.69 bits per heavy atom. The molecule has 2 aromatic carbocycles. The number of amides is 3.